The Morgan fingerprint density at radius 2 is 1.92 bits per heavy atom. The Morgan fingerprint density at radius 3 is 2.54 bits per heavy atom. The van der Waals surface area contributed by atoms with Crippen LogP contribution in [0.2, 0.25) is 0 Å². The lowest BCUT2D eigenvalue weighted by Gasteiger charge is -2.62. The van der Waals surface area contributed by atoms with Crippen molar-refractivity contribution in [3.8, 4) is 0 Å². The smallest absolute Gasteiger partial charge is 0.253 e. The number of benzene rings is 1. The Bertz CT molecular complexity index is 1270. The van der Waals surface area contributed by atoms with Crippen LogP contribution in [0.15, 0.2) is 41.4 Å². The van der Waals surface area contributed by atoms with Gasteiger partial charge >= 0.3 is 0 Å². The molecule has 1 unspecified atom stereocenters. The lowest BCUT2D eigenvalue weighted by molar-refractivity contribution is -0.0388. The second kappa shape index (κ2) is 8.67. The summed E-state index contributed by atoms with van der Waals surface area (Å²) in [4.78, 5) is 8.58. The molecule has 0 bridgehead atoms. The summed E-state index contributed by atoms with van der Waals surface area (Å²) < 4.78 is 60.0. The maximum Gasteiger partial charge on any atom is 0.253 e. The van der Waals surface area contributed by atoms with E-state index in [0.717, 1.165) is 14.2 Å². The van der Waals surface area contributed by atoms with Crippen LogP contribution < -0.4 is 8.61 Å². The van der Waals surface area contributed by atoms with Crippen LogP contribution in [0, 0.1) is 12.8 Å². The first kappa shape index (κ1) is 26.4. The number of halogens is 2. The number of hydrogen-bond donors (Lipinski definition) is 1. The summed E-state index contributed by atoms with van der Waals surface area (Å²) in [7, 11) is 0.0925. The van der Waals surface area contributed by atoms with Gasteiger partial charge in [0.2, 0.25) is 0 Å². The molecule has 0 spiro atoms. The molecule has 2 aliphatic heterocycles. The number of aromatic nitrogens is 1. The quantitative estimate of drug-likeness (QED) is 0.586. The molecule has 37 heavy (non-hydrogen) atoms. The average molecular weight is 537 g/mol. The van der Waals surface area contributed by atoms with Crippen molar-refractivity contribution in [1.82, 2.24) is 14.8 Å². The molecular formula is C26H36F2N5O3S-. The summed E-state index contributed by atoms with van der Waals surface area (Å²) in [5.41, 5.74) is 0.957. The largest absolute Gasteiger partial charge is 0.732 e. The molecule has 3 heterocycles. The summed E-state index contributed by atoms with van der Waals surface area (Å²) in [6.07, 6.45) is 2.46. The number of rotatable bonds is 7. The van der Waals surface area contributed by atoms with Crippen LogP contribution >= 0.6 is 0 Å². The van der Waals surface area contributed by atoms with Crippen LogP contribution in [0.5, 0.6) is 0 Å². The van der Waals surface area contributed by atoms with E-state index >= 15 is 0 Å². The van der Waals surface area contributed by atoms with Crippen molar-refractivity contribution in [2.75, 3.05) is 55.9 Å². The summed E-state index contributed by atoms with van der Waals surface area (Å²) in [5, 5.41) is 10.9. The van der Waals surface area contributed by atoms with Gasteiger partial charge in [0.15, 0.2) is 5.82 Å². The Morgan fingerprint density at radius 1 is 1.24 bits per heavy atom. The number of hydrogen-bond acceptors (Lipinski definition) is 6. The van der Waals surface area contributed by atoms with Crippen molar-refractivity contribution in [1.29, 1.82) is 0 Å². The topological polar surface area (TPSA) is 86.2 Å². The number of pyridine rings is 1. The van der Waals surface area contributed by atoms with Gasteiger partial charge in [-0.3, -0.25) is 13.5 Å². The minimum atomic E-state index is -5.24. The summed E-state index contributed by atoms with van der Waals surface area (Å²) in [6, 6.07) is 8.62. The number of sulfonamides is 2. The molecule has 3 aliphatic rings. The van der Waals surface area contributed by atoms with Crippen molar-refractivity contribution in [3.05, 3.63) is 47.7 Å². The van der Waals surface area contributed by atoms with Gasteiger partial charge in [0.05, 0.1) is 16.2 Å². The van der Waals surface area contributed by atoms with Crippen LogP contribution in [0.4, 0.5) is 20.3 Å². The highest BCUT2D eigenvalue weighted by atomic mass is 32.3. The molecule has 1 saturated heterocycles. The highest BCUT2D eigenvalue weighted by molar-refractivity contribution is 8.17. The molecular weight excluding hydrogens is 500 g/mol. The highest BCUT2D eigenvalue weighted by Crippen LogP contribution is 2.57. The minimum absolute atomic E-state index is 0.0973. The lowest BCUT2D eigenvalue weighted by atomic mass is 9.91. The molecule has 0 amide bonds. The number of anilines is 2. The first-order chi connectivity index (χ1) is 17.2. The minimum Gasteiger partial charge on any atom is -0.732 e. The van der Waals surface area contributed by atoms with E-state index in [4.69, 9.17) is 0 Å². The predicted octanol–water partition coefficient (Wildman–Crippen LogP) is 3.03. The standard InChI is InChI=1S/C26H37F2N5O3S/c1-19-7-8-20(16-32-12-9-25(34,10-13-32)18-30(2)3)14-23(19)37(35,36)31(4)24-22(6-5-11-29-24)33(37)17-21-15-26(21,27)28/h5-8,11,14,21,34H,9-10,12-13,15-18H2,1-4H3,(H,35,36)/p-1. The molecule has 2 fully saturated rings. The third-order valence-electron chi connectivity index (χ3n) is 7.98. The van der Waals surface area contributed by atoms with Crippen LogP contribution in [-0.4, -0.2) is 87.5 Å². The van der Waals surface area contributed by atoms with Crippen molar-refractivity contribution in [2.24, 2.45) is 5.92 Å². The maximum atomic E-state index is 14.9. The van der Waals surface area contributed by atoms with E-state index in [1.165, 1.54) is 13.2 Å². The molecule has 1 aliphatic carbocycles. The average Bonchev–Trinajstić information content (AvgIpc) is 3.39. The lowest BCUT2D eigenvalue weighted by Crippen LogP contribution is -2.58. The van der Waals surface area contributed by atoms with Gasteiger partial charge in [-0.15, -0.1) is 0 Å². The van der Waals surface area contributed by atoms with Gasteiger partial charge in [-0.1, -0.05) is 12.1 Å². The number of piperidine rings is 1. The Hall–Kier alpha value is -2.18. The zero-order valence-electron chi connectivity index (χ0n) is 21.9. The molecule has 1 atom stereocenters. The maximum absolute atomic E-state index is 14.9. The summed E-state index contributed by atoms with van der Waals surface area (Å²) >= 11 is 0. The Kier molecular flexibility index (Phi) is 6.19. The molecule has 1 saturated carbocycles. The van der Waals surface area contributed by atoms with Gasteiger partial charge in [0, 0.05) is 58.3 Å². The second-order valence-corrected chi connectivity index (χ2v) is 14.2. The summed E-state index contributed by atoms with van der Waals surface area (Å²) in [5.74, 6) is -3.65. The van der Waals surface area contributed by atoms with E-state index in [1.807, 2.05) is 25.1 Å². The van der Waals surface area contributed by atoms with E-state index in [1.54, 1.807) is 31.2 Å². The Labute approximate surface area is 217 Å². The zero-order chi connectivity index (χ0) is 26.8. The SMILES string of the molecule is Cc1ccc(CN2CCC(O)(CN(C)C)CC2)cc1S1(=O)([O-])N(C)c2ncccc2N1CC1CC1(F)F. The van der Waals surface area contributed by atoms with Gasteiger partial charge in [-0.25, -0.2) is 18.0 Å². The Balaban J connectivity index is 1.46. The second-order valence-electron chi connectivity index (χ2n) is 11.2. The van der Waals surface area contributed by atoms with E-state index in [0.29, 0.717) is 50.3 Å². The van der Waals surface area contributed by atoms with Crippen LogP contribution in [0.25, 0.3) is 0 Å². The molecule has 8 nitrogen and oxygen atoms in total. The van der Waals surface area contributed by atoms with E-state index in [2.05, 4.69) is 9.88 Å². The molecule has 1 N–H and O–H groups in total. The molecule has 2 aromatic rings. The third-order valence-corrected chi connectivity index (χ3v) is 11.4. The van der Waals surface area contributed by atoms with E-state index in [9.17, 15) is 22.6 Å². The molecule has 204 valence electrons. The van der Waals surface area contributed by atoms with Gasteiger partial charge < -0.3 is 14.6 Å². The van der Waals surface area contributed by atoms with Crippen molar-refractivity contribution in [3.63, 3.8) is 0 Å². The fourth-order valence-corrected chi connectivity index (χ4v) is 8.89. The fraction of sp³-hybridized carbons (Fsp3) is 0.577. The van der Waals surface area contributed by atoms with Gasteiger partial charge in [-0.05, 0) is 63.2 Å². The number of nitrogens with zero attached hydrogens (tertiary/aromatic N) is 5. The number of likely N-dealkylation sites (N-methyl/N-ethyl adjacent to an activating group) is 1. The van der Waals surface area contributed by atoms with Crippen molar-refractivity contribution in [2.45, 2.75) is 49.2 Å². The number of fused-ring (bicyclic) bond motifs is 1. The third kappa shape index (κ3) is 4.44. The van der Waals surface area contributed by atoms with Crippen LogP contribution in [0.1, 0.15) is 30.4 Å². The van der Waals surface area contributed by atoms with Crippen molar-refractivity contribution < 1.29 is 22.6 Å². The molecule has 5 rings (SSSR count). The normalized spacial score (nSPS) is 26.5. The summed E-state index contributed by atoms with van der Waals surface area (Å²) in [6.45, 7) is 3.96. The first-order valence-corrected chi connectivity index (χ1v) is 14.5. The van der Waals surface area contributed by atoms with Crippen molar-refractivity contribution >= 4 is 21.2 Å². The van der Waals surface area contributed by atoms with Gasteiger partial charge in [-0.2, -0.15) is 9.72 Å². The number of aliphatic hydroxyl groups is 1. The molecule has 11 heteroatoms. The number of aryl methyl sites for hydroxylation is 1. The highest BCUT2D eigenvalue weighted by Gasteiger charge is 2.59. The number of alkyl halides is 2. The predicted molar refractivity (Wildman–Crippen MR) is 139 cm³/mol. The van der Waals surface area contributed by atoms with Gasteiger partial charge in [0.25, 0.3) is 5.92 Å². The molecule has 1 aromatic heterocycles. The fourth-order valence-electron chi connectivity index (χ4n) is 5.71. The van der Waals surface area contributed by atoms with Crippen LogP contribution in [-0.2, 0) is 16.3 Å². The monoisotopic (exact) mass is 536 g/mol. The zero-order valence-corrected chi connectivity index (χ0v) is 22.7. The first-order valence-electron chi connectivity index (χ1n) is 12.7. The number of likely N-dealkylation sites (tertiary alicyclic amines) is 1. The van der Waals surface area contributed by atoms with Crippen LogP contribution in [0.3, 0.4) is 0 Å². The van der Waals surface area contributed by atoms with E-state index < -0.39 is 27.2 Å². The molecule has 0 radical (unpaired) electrons. The van der Waals surface area contributed by atoms with E-state index in [-0.39, 0.29) is 23.7 Å². The molecule has 1 aromatic carbocycles. The van der Waals surface area contributed by atoms with Gasteiger partial charge in [0.1, 0.15) is 0 Å².